The van der Waals surface area contributed by atoms with Crippen LogP contribution in [-0.4, -0.2) is 43.7 Å². The molecular formula is C13H19N3O2S. The topological polar surface area (TPSA) is 87.2 Å². The molecule has 1 aliphatic rings. The number of sulfone groups is 1. The van der Waals surface area contributed by atoms with Crippen LogP contribution in [0.2, 0.25) is 0 Å². The lowest BCUT2D eigenvalue weighted by atomic mass is 10.1. The first-order valence-corrected chi connectivity index (χ1v) is 8.03. The van der Waals surface area contributed by atoms with Crippen LogP contribution < -0.4 is 5.73 Å². The van der Waals surface area contributed by atoms with Crippen LogP contribution in [0.15, 0.2) is 24.3 Å². The van der Waals surface area contributed by atoms with Crippen molar-refractivity contribution in [3.8, 4) is 0 Å². The van der Waals surface area contributed by atoms with E-state index in [1.165, 1.54) is 0 Å². The highest BCUT2D eigenvalue weighted by Gasteiger charge is 2.30. The Bertz CT molecular complexity index is 583. The van der Waals surface area contributed by atoms with Crippen LogP contribution in [0.3, 0.4) is 0 Å². The van der Waals surface area contributed by atoms with Gasteiger partial charge in [-0.25, -0.2) is 8.42 Å². The zero-order valence-corrected chi connectivity index (χ0v) is 11.8. The van der Waals surface area contributed by atoms with Gasteiger partial charge in [0.1, 0.15) is 5.84 Å². The molecule has 1 atom stereocenters. The molecule has 6 heteroatoms. The van der Waals surface area contributed by atoms with E-state index in [9.17, 15) is 8.42 Å². The van der Waals surface area contributed by atoms with E-state index in [-0.39, 0.29) is 23.4 Å². The molecule has 1 heterocycles. The minimum atomic E-state index is -2.85. The van der Waals surface area contributed by atoms with E-state index < -0.39 is 9.84 Å². The predicted molar refractivity (Wildman–Crippen MR) is 76.0 cm³/mol. The number of hydrogen-bond acceptors (Lipinski definition) is 4. The normalized spacial score (nSPS) is 21.7. The Labute approximate surface area is 113 Å². The summed E-state index contributed by atoms with van der Waals surface area (Å²) in [5.41, 5.74) is 7.20. The molecule has 0 saturated carbocycles. The Morgan fingerprint density at radius 3 is 2.84 bits per heavy atom. The van der Waals surface area contributed by atoms with Gasteiger partial charge in [-0.1, -0.05) is 18.2 Å². The maximum absolute atomic E-state index is 11.5. The number of benzene rings is 1. The van der Waals surface area contributed by atoms with Crippen molar-refractivity contribution in [1.82, 2.24) is 4.90 Å². The Morgan fingerprint density at radius 2 is 2.26 bits per heavy atom. The van der Waals surface area contributed by atoms with E-state index >= 15 is 0 Å². The van der Waals surface area contributed by atoms with Gasteiger partial charge in [-0.05, 0) is 25.1 Å². The summed E-state index contributed by atoms with van der Waals surface area (Å²) in [5, 5.41) is 7.42. The molecular weight excluding hydrogens is 262 g/mol. The summed E-state index contributed by atoms with van der Waals surface area (Å²) in [4.78, 5) is 2.06. The van der Waals surface area contributed by atoms with E-state index in [2.05, 4.69) is 4.90 Å². The van der Waals surface area contributed by atoms with Crippen molar-refractivity contribution < 1.29 is 8.42 Å². The van der Waals surface area contributed by atoms with Gasteiger partial charge < -0.3 is 5.73 Å². The maximum Gasteiger partial charge on any atom is 0.151 e. The van der Waals surface area contributed by atoms with Crippen LogP contribution in [0.25, 0.3) is 0 Å². The van der Waals surface area contributed by atoms with Crippen LogP contribution in [0.1, 0.15) is 17.5 Å². The van der Waals surface area contributed by atoms with Gasteiger partial charge in [0, 0.05) is 18.2 Å². The fourth-order valence-corrected chi connectivity index (χ4v) is 4.18. The molecule has 1 unspecified atom stereocenters. The molecule has 0 aliphatic carbocycles. The summed E-state index contributed by atoms with van der Waals surface area (Å²) in [6.07, 6.45) is 0.700. The molecule has 2 rings (SSSR count). The average molecular weight is 281 g/mol. The third kappa shape index (κ3) is 3.54. The van der Waals surface area contributed by atoms with Crippen molar-refractivity contribution in [2.45, 2.75) is 19.0 Å². The van der Waals surface area contributed by atoms with E-state index in [4.69, 9.17) is 11.1 Å². The number of nitrogen functional groups attached to an aromatic ring is 1. The molecule has 1 aromatic rings. The Kier molecular flexibility index (Phi) is 3.91. The van der Waals surface area contributed by atoms with Crippen molar-refractivity contribution in [1.29, 1.82) is 5.41 Å². The van der Waals surface area contributed by atoms with Crippen molar-refractivity contribution in [2.24, 2.45) is 5.73 Å². The highest BCUT2D eigenvalue weighted by Crippen LogP contribution is 2.18. The van der Waals surface area contributed by atoms with E-state index in [0.29, 0.717) is 18.5 Å². The van der Waals surface area contributed by atoms with Gasteiger partial charge in [-0.2, -0.15) is 0 Å². The second-order valence-corrected chi connectivity index (χ2v) is 7.31. The van der Waals surface area contributed by atoms with Gasteiger partial charge in [-0.3, -0.25) is 10.3 Å². The van der Waals surface area contributed by atoms with Crippen molar-refractivity contribution in [3.63, 3.8) is 0 Å². The van der Waals surface area contributed by atoms with Gasteiger partial charge in [0.15, 0.2) is 9.84 Å². The number of nitrogens with two attached hydrogens (primary N) is 1. The van der Waals surface area contributed by atoms with Gasteiger partial charge in [0.05, 0.1) is 11.5 Å². The molecule has 3 N–H and O–H groups in total. The smallest absolute Gasteiger partial charge is 0.151 e. The Morgan fingerprint density at radius 1 is 1.53 bits per heavy atom. The van der Waals surface area contributed by atoms with Crippen molar-refractivity contribution in [2.75, 3.05) is 18.6 Å². The molecule has 1 fully saturated rings. The molecule has 0 amide bonds. The zero-order chi connectivity index (χ0) is 14.0. The number of amidine groups is 1. The number of rotatable bonds is 4. The van der Waals surface area contributed by atoms with Crippen LogP contribution in [-0.2, 0) is 16.4 Å². The molecule has 104 valence electrons. The minimum Gasteiger partial charge on any atom is -0.384 e. The SMILES string of the molecule is CN(Cc1cccc(C(=N)N)c1)C1CCS(=O)(=O)C1. The Hall–Kier alpha value is -1.40. The highest BCUT2D eigenvalue weighted by molar-refractivity contribution is 7.91. The molecule has 5 nitrogen and oxygen atoms in total. The largest absolute Gasteiger partial charge is 0.384 e. The lowest BCUT2D eigenvalue weighted by Gasteiger charge is -2.23. The molecule has 0 radical (unpaired) electrons. The average Bonchev–Trinajstić information content (AvgIpc) is 2.70. The molecule has 1 saturated heterocycles. The van der Waals surface area contributed by atoms with E-state index in [1.54, 1.807) is 6.07 Å². The highest BCUT2D eigenvalue weighted by atomic mass is 32.2. The van der Waals surface area contributed by atoms with E-state index in [0.717, 1.165) is 5.56 Å². The third-order valence-corrected chi connectivity index (χ3v) is 5.25. The quantitative estimate of drug-likeness (QED) is 0.624. The fraction of sp³-hybridized carbons (Fsp3) is 0.462. The monoisotopic (exact) mass is 281 g/mol. The minimum absolute atomic E-state index is 0.0490. The molecule has 1 aromatic carbocycles. The molecule has 0 spiro atoms. The standard InChI is InChI=1S/C13H19N3O2S/c1-16(12-5-6-19(17,18)9-12)8-10-3-2-4-11(7-10)13(14)15/h2-4,7,12H,5-6,8-9H2,1H3,(H3,14,15). The summed E-state index contributed by atoms with van der Waals surface area (Å²) in [5.74, 6) is 0.582. The summed E-state index contributed by atoms with van der Waals surface area (Å²) in [6.45, 7) is 0.668. The van der Waals surface area contributed by atoms with Crippen LogP contribution >= 0.6 is 0 Å². The first-order chi connectivity index (χ1) is 8.87. The first kappa shape index (κ1) is 14.0. The van der Waals surface area contributed by atoms with Crippen molar-refractivity contribution >= 4 is 15.7 Å². The molecule has 19 heavy (non-hydrogen) atoms. The van der Waals surface area contributed by atoms with Crippen LogP contribution in [0.4, 0.5) is 0 Å². The summed E-state index contributed by atoms with van der Waals surface area (Å²) in [6, 6.07) is 7.59. The lowest BCUT2D eigenvalue weighted by molar-refractivity contribution is 0.254. The van der Waals surface area contributed by atoms with Crippen LogP contribution in [0.5, 0.6) is 0 Å². The zero-order valence-electron chi connectivity index (χ0n) is 11.0. The summed E-state index contributed by atoms with van der Waals surface area (Å²) < 4.78 is 22.9. The second kappa shape index (κ2) is 5.30. The van der Waals surface area contributed by atoms with Crippen molar-refractivity contribution in [3.05, 3.63) is 35.4 Å². The Balaban J connectivity index is 2.05. The van der Waals surface area contributed by atoms with Gasteiger partial charge >= 0.3 is 0 Å². The molecule has 0 aromatic heterocycles. The second-order valence-electron chi connectivity index (χ2n) is 5.09. The molecule has 1 aliphatic heterocycles. The van der Waals surface area contributed by atoms with Gasteiger partial charge in [-0.15, -0.1) is 0 Å². The summed E-state index contributed by atoms with van der Waals surface area (Å²) in [7, 11) is -0.914. The maximum atomic E-state index is 11.5. The lowest BCUT2D eigenvalue weighted by Crippen LogP contribution is -2.32. The molecule has 0 bridgehead atoms. The number of nitrogens with zero attached hydrogens (tertiary/aromatic N) is 1. The van der Waals surface area contributed by atoms with Gasteiger partial charge in [0.25, 0.3) is 0 Å². The first-order valence-electron chi connectivity index (χ1n) is 6.21. The van der Waals surface area contributed by atoms with E-state index in [1.807, 2.05) is 25.2 Å². The number of hydrogen-bond donors (Lipinski definition) is 2. The predicted octanol–water partition coefficient (Wildman–Crippen LogP) is 0.590. The fourth-order valence-electron chi connectivity index (χ4n) is 2.38. The van der Waals surface area contributed by atoms with Gasteiger partial charge in [0.2, 0.25) is 0 Å². The third-order valence-electron chi connectivity index (χ3n) is 3.50. The van der Waals surface area contributed by atoms with Crippen LogP contribution in [0, 0.1) is 5.41 Å². The number of nitrogens with one attached hydrogen (secondary N) is 1. The summed E-state index contributed by atoms with van der Waals surface area (Å²) >= 11 is 0.